The minimum atomic E-state index is 0.555. The lowest BCUT2D eigenvalue weighted by Crippen LogP contribution is -1.98. The van der Waals surface area contributed by atoms with E-state index in [1.807, 2.05) is 0 Å². The standard InChI is InChI=1S/C10H19N3/c1-4-5-8-9(6-7(2)3)13-10(11)12-8/h7H,4-6H2,1-3H3,(H3,11,12,13). The van der Waals surface area contributed by atoms with Crippen LogP contribution in [-0.2, 0) is 12.8 Å². The summed E-state index contributed by atoms with van der Waals surface area (Å²) in [6.45, 7) is 6.56. The number of anilines is 1. The number of aromatic amines is 1. The highest BCUT2D eigenvalue weighted by Crippen LogP contribution is 2.14. The van der Waals surface area contributed by atoms with Crippen molar-refractivity contribution in [2.45, 2.75) is 40.0 Å². The van der Waals surface area contributed by atoms with E-state index in [4.69, 9.17) is 5.73 Å². The molecule has 13 heavy (non-hydrogen) atoms. The Morgan fingerprint density at radius 3 is 2.69 bits per heavy atom. The molecule has 0 bridgehead atoms. The lowest BCUT2D eigenvalue weighted by atomic mass is 10.1. The summed E-state index contributed by atoms with van der Waals surface area (Å²) in [7, 11) is 0. The molecule has 0 unspecified atom stereocenters. The fraction of sp³-hybridized carbons (Fsp3) is 0.700. The van der Waals surface area contributed by atoms with Gasteiger partial charge in [-0.05, 0) is 18.8 Å². The number of nitrogen functional groups attached to an aromatic ring is 1. The van der Waals surface area contributed by atoms with Crippen LogP contribution in [0.2, 0.25) is 0 Å². The van der Waals surface area contributed by atoms with Gasteiger partial charge in [0.1, 0.15) is 0 Å². The number of nitrogens with one attached hydrogen (secondary N) is 1. The summed E-state index contributed by atoms with van der Waals surface area (Å²) >= 11 is 0. The minimum absolute atomic E-state index is 0.555. The van der Waals surface area contributed by atoms with E-state index in [0.29, 0.717) is 11.9 Å². The maximum atomic E-state index is 5.62. The van der Waals surface area contributed by atoms with Crippen LogP contribution in [0.25, 0.3) is 0 Å². The summed E-state index contributed by atoms with van der Waals surface area (Å²) in [4.78, 5) is 7.40. The van der Waals surface area contributed by atoms with Gasteiger partial charge in [-0.25, -0.2) is 4.98 Å². The molecule has 0 spiro atoms. The minimum Gasteiger partial charge on any atom is -0.369 e. The number of aromatic nitrogens is 2. The molecule has 1 aromatic heterocycles. The van der Waals surface area contributed by atoms with Crippen LogP contribution in [0.15, 0.2) is 0 Å². The predicted octanol–water partition coefficient (Wildman–Crippen LogP) is 2.14. The maximum absolute atomic E-state index is 5.62. The van der Waals surface area contributed by atoms with Gasteiger partial charge in [0.25, 0.3) is 0 Å². The molecule has 3 heteroatoms. The number of nitrogens with two attached hydrogens (primary N) is 1. The second-order valence-electron chi connectivity index (χ2n) is 3.90. The van der Waals surface area contributed by atoms with Crippen molar-refractivity contribution in [1.29, 1.82) is 0 Å². The molecule has 0 radical (unpaired) electrons. The summed E-state index contributed by atoms with van der Waals surface area (Å²) in [5.41, 5.74) is 7.98. The molecular formula is C10H19N3. The summed E-state index contributed by atoms with van der Waals surface area (Å²) in [6, 6.07) is 0. The number of rotatable bonds is 4. The Balaban J connectivity index is 2.77. The van der Waals surface area contributed by atoms with Crippen LogP contribution >= 0.6 is 0 Å². The van der Waals surface area contributed by atoms with Gasteiger partial charge in [0.05, 0.1) is 5.69 Å². The average molecular weight is 181 g/mol. The molecule has 0 saturated carbocycles. The molecule has 0 aromatic carbocycles. The fourth-order valence-electron chi connectivity index (χ4n) is 1.49. The molecule has 0 aliphatic rings. The van der Waals surface area contributed by atoms with Crippen LogP contribution in [0.3, 0.4) is 0 Å². The Hall–Kier alpha value is -0.990. The average Bonchev–Trinajstić information content (AvgIpc) is 2.31. The van der Waals surface area contributed by atoms with Crippen molar-refractivity contribution in [3.05, 3.63) is 11.4 Å². The van der Waals surface area contributed by atoms with Gasteiger partial charge in [0.15, 0.2) is 5.95 Å². The normalized spacial score (nSPS) is 11.1. The van der Waals surface area contributed by atoms with E-state index in [0.717, 1.165) is 25.0 Å². The van der Waals surface area contributed by atoms with Gasteiger partial charge in [-0.1, -0.05) is 27.2 Å². The van der Waals surface area contributed by atoms with E-state index in [9.17, 15) is 0 Å². The largest absolute Gasteiger partial charge is 0.369 e. The fourth-order valence-corrected chi connectivity index (χ4v) is 1.49. The number of aryl methyl sites for hydroxylation is 1. The third-order valence-corrected chi connectivity index (χ3v) is 1.98. The smallest absolute Gasteiger partial charge is 0.197 e. The molecule has 0 aliphatic heterocycles. The van der Waals surface area contributed by atoms with Gasteiger partial charge in [0.2, 0.25) is 0 Å². The third-order valence-electron chi connectivity index (χ3n) is 1.98. The number of hydrogen-bond acceptors (Lipinski definition) is 2. The van der Waals surface area contributed by atoms with Crippen molar-refractivity contribution in [3.63, 3.8) is 0 Å². The van der Waals surface area contributed by atoms with E-state index < -0.39 is 0 Å². The monoisotopic (exact) mass is 181 g/mol. The molecule has 3 N–H and O–H groups in total. The van der Waals surface area contributed by atoms with Crippen LogP contribution in [0, 0.1) is 5.92 Å². The van der Waals surface area contributed by atoms with E-state index >= 15 is 0 Å². The quantitative estimate of drug-likeness (QED) is 0.747. The highest BCUT2D eigenvalue weighted by Gasteiger charge is 2.08. The molecule has 0 aliphatic carbocycles. The molecule has 1 heterocycles. The van der Waals surface area contributed by atoms with E-state index in [1.54, 1.807) is 0 Å². The highest BCUT2D eigenvalue weighted by atomic mass is 15.0. The molecule has 0 atom stereocenters. The van der Waals surface area contributed by atoms with Crippen molar-refractivity contribution in [2.24, 2.45) is 5.92 Å². The third kappa shape index (κ3) is 2.76. The van der Waals surface area contributed by atoms with Crippen molar-refractivity contribution in [2.75, 3.05) is 5.73 Å². The maximum Gasteiger partial charge on any atom is 0.197 e. The van der Waals surface area contributed by atoms with Gasteiger partial charge in [0, 0.05) is 5.69 Å². The van der Waals surface area contributed by atoms with E-state index in [2.05, 4.69) is 30.7 Å². The zero-order valence-electron chi connectivity index (χ0n) is 8.72. The first-order valence-corrected chi connectivity index (χ1v) is 4.96. The highest BCUT2D eigenvalue weighted by molar-refractivity contribution is 5.26. The number of imidazole rings is 1. The summed E-state index contributed by atoms with van der Waals surface area (Å²) < 4.78 is 0. The zero-order valence-corrected chi connectivity index (χ0v) is 8.72. The Labute approximate surface area is 79.8 Å². The SMILES string of the molecule is CCCc1nc(N)[nH]c1CC(C)C. The first-order valence-electron chi connectivity index (χ1n) is 4.96. The van der Waals surface area contributed by atoms with Crippen LogP contribution < -0.4 is 5.73 Å². The van der Waals surface area contributed by atoms with Gasteiger partial charge >= 0.3 is 0 Å². The first-order chi connectivity index (χ1) is 6.13. The molecule has 1 aromatic rings. The molecule has 0 fully saturated rings. The molecule has 3 nitrogen and oxygen atoms in total. The lowest BCUT2D eigenvalue weighted by Gasteiger charge is -2.03. The van der Waals surface area contributed by atoms with Crippen molar-refractivity contribution < 1.29 is 0 Å². The van der Waals surface area contributed by atoms with Crippen LogP contribution in [0.1, 0.15) is 38.6 Å². The second-order valence-corrected chi connectivity index (χ2v) is 3.90. The topological polar surface area (TPSA) is 54.7 Å². The van der Waals surface area contributed by atoms with Crippen molar-refractivity contribution in [3.8, 4) is 0 Å². The van der Waals surface area contributed by atoms with Gasteiger partial charge in [-0.15, -0.1) is 0 Å². The molecular weight excluding hydrogens is 162 g/mol. The number of nitrogens with zero attached hydrogens (tertiary/aromatic N) is 1. The van der Waals surface area contributed by atoms with Gasteiger partial charge in [-0.2, -0.15) is 0 Å². The molecule has 0 saturated heterocycles. The second kappa shape index (κ2) is 4.30. The Bertz CT molecular complexity index is 263. The molecule has 74 valence electrons. The predicted molar refractivity (Wildman–Crippen MR) is 55.5 cm³/mol. The Kier molecular flexibility index (Phi) is 3.34. The number of hydrogen-bond donors (Lipinski definition) is 2. The van der Waals surface area contributed by atoms with Crippen LogP contribution in [-0.4, -0.2) is 9.97 Å². The van der Waals surface area contributed by atoms with Gasteiger partial charge in [-0.3, -0.25) is 0 Å². The molecule has 1 rings (SSSR count). The summed E-state index contributed by atoms with van der Waals surface area (Å²) in [5, 5.41) is 0. The summed E-state index contributed by atoms with van der Waals surface area (Å²) in [5.74, 6) is 1.20. The van der Waals surface area contributed by atoms with Crippen molar-refractivity contribution >= 4 is 5.95 Å². The number of H-pyrrole nitrogens is 1. The summed E-state index contributed by atoms with van der Waals surface area (Å²) in [6.07, 6.45) is 3.19. The Morgan fingerprint density at radius 2 is 2.15 bits per heavy atom. The molecule has 0 amide bonds. The lowest BCUT2D eigenvalue weighted by molar-refractivity contribution is 0.631. The van der Waals surface area contributed by atoms with Crippen LogP contribution in [0.5, 0.6) is 0 Å². The van der Waals surface area contributed by atoms with Crippen LogP contribution in [0.4, 0.5) is 5.95 Å². The van der Waals surface area contributed by atoms with Crippen molar-refractivity contribution in [1.82, 2.24) is 9.97 Å². The van der Waals surface area contributed by atoms with E-state index in [1.165, 1.54) is 5.69 Å². The van der Waals surface area contributed by atoms with E-state index in [-0.39, 0.29) is 0 Å². The first kappa shape index (κ1) is 10.1. The zero-order chi connectivity index (χ0) is 9.84. The van der Waals surface area contributed by atoms with Gasteiger partial charge < -0.3 is 10.7 Å². The Morgan fingerprint density at radius 1 is 1.46 bits per heavy atom.